The molecule has 0 unspecified atom stereocenters. The Bertz CT molecular complexity index is 1150. The van der Waals surface area contributed by atoms with Gasteiger partial charge in [0.1, 0.15) is 11.4 Å². The highest BCUT2D eigenvalue weighted by atomic mass is 19.1. The van der Waals surface area contributed by atoms with E-state index in [4.69, 9.17) is 4.74 Å². The summed E-state index contributed by atoms with van der Waals surface area (Å²) in [6.07, 6.45) is 0. The van der Waals surface area contributed by atoms with Crippen LogP contribution >= 0.6 is 0 Å². The summed E-state index contributed by atoms with van der Waals surface area (Å²) in [5.41, 5.74) is 0.0779. The highest BCUT2D eigenvalue weighted by Crippen LogP contribution is 2.20. The first kappa shape index (κ1) is 21.9. The van der Waals surface area contributed by atoms with Crippen LogP contribution in [-0.4, -0.2) is 28.3 Å². The Hall–Kier alpha value is -3.81. The third kappa shape index (κ3) is 4.85. The van der Waals surface area contributed by atoms with Gasteiger partial charge < -0.3 is 10.1 Å². The molecule has 0 saturated heterocycles. The minimum Gasteiger partial charge on any atom is -0.462 e. The number of benzene rings is 2. The fourth-order valence-corrected chi connectivity index (χ4v) is 2.87. The van der Waals surface area contributed by atoms with E-state index >= 15 is 0 Å². The van der Waals surface area contributed by atoms with Crippen molar-refractivity contribution in [2.45, 2.75) is 26.3 Å². The summed E-state index contributed by atoms with van der Waals surface area (Å²) in [6.45, 7) is 5.12. The van der Waals surface area contributed by atoms with Crippen molar-refractivity contribution in [1.29, 1.82) is 0 Å². The molecule has 8 heteroatoms. The van der Waals surface area contributed by atoms with Gasteiger partial charge in [-0.05, 0) is 75.4 Å². The Kier molecular flexibility index (Phi) is 6.29. The second kappa shape index (κ2) is 8.91. The minimum absolute atomic E-state index is 0.268. The first-order valence-electron chi connectivity index (χ1n) is 9.68. The highest BCUT2D eigenvalue weighted by molar-refractivity contribution is 5.97. The largest absolute Gasteiger partial charge is 0.462 e. The van der Waals surface area contributed by atoms with Crippen LogP contribution < -0.4 is 10.9 Å². The summed E-state index contributed by atoms with van der Waals surface area (Å²) >= 11 is 0. The van der Waals surface area contributed by atoms with Gasteiger partial charge in [-0.25, -0.2) is 13.9 Å². The molecule has 2 aromatic carbocycles. The van der Waals surface area contributed by atoms with Crippen molar-refractivity contribution in [1.82, 2.24) is 9.78 Å². The van der Waals surface area contributed by atoms with Crippen molar-refractivity contribution in [3.63, 3.8) is 0 Å². The van der Waals surface area contributed by atoms with Gasteiger partial charge in [0.05, 0.1) is 17.9 Å². The Morgan fingerprint density at radius 3 is 2.29 bits per heavy atom. The maximum atomic E-state index is 13.2. The van der Waals surface area contributed by atoms with Crippen molar-refractivity contribution in [2.75, 3.05) is 11.9 Å². The van der Waals surface area contributed by atoms with Gasteiger partial charge in [0.25, 0.3) is 11.5 Å². The molecule has 0 aliphatic heterocycles. The number of rotatable bonds is 6. The first-order valence-corrected chi connectivity index (χ1v) is 9.68. The molecule has 0 aliphatic carbocycles. The van der Waals surface area contributed by atoms with Gasteiger partial charge in [0.2, 0.25) is 0 Å². The van der Waals surface area contributed by atoms with Crippen molar-refractivity contribution in [3.8, 4) is 11.3 Å². The number of anilines is 1. The fraction of sp³-hybridized carbons (Fsp3) is 0.217. The van der Waals surface area contributed by atoms with Gasteiger partial charge in [-0.15, -0.1) is 0 Å². The first-order chi connectivity index (χ1) is 14.7. The number of nitrogens with one attached hydrogen (secondary N) is 1. The van der Waals surface area contributed by atoms with Crippen molar-refractivity contribution in [3.05, 3.63) is 82.4 Å². The number of aromatic nitrogens is 2. The normalized spacial score (nSPS) is 11.1. The van der Waals surface area contributed by atoms with Crippen LogP contribution in [0.2, 0.25) is 0 Å². The Morgan fingerprint density at radius 1 is 1.03 bits per heavy atom. The third-order valence-electron chi connectivity index (χ3n) is 4.68. The summed E-state index contributed by atoms with van der Waals surface area (Å²) in [5, 5.41) is 7.06. The summed E-state index contributed by atoms with van der Waals surface area (Å²) < 4.78 is 19.2. The Labute approximate surface area is 178 Å². The SMILES string of the molecule is CCOC(=O)c1ccc(NC(=O)C(C)(C)n2nc(-c3ccc(F)cc3)ccc2=O)cc1. The number of ether oxygens (including phenoxy) is 1. The fourth-order valence-electron chi connectivity index (χ4n) is 2.87. The molecule has 0 radical (unpaired) electrons. The zero-order valence-electron chi connectivity index (χ0n) is 17.4. The molecule has 160 valence electrons. The number of carbonyl (C=O) groups is 2. The van der Waals surface area contributed by atoms with Crippen LogP contribution in [-0.2, 0) is 15.1 Å². The third-order valence-corrected chi connectivity index (χ3v) is 4.68. The number of hydrogen-bond acceptors (Lipinski definition) is 5. The van der Waals surface area contributed by atoms with E-state index in [1.165, 1.54) is 24.3 Å². The van der Waals surface area contributed by atoms with Gasteiger partial charge in [-0.2, -0.15) is 5.10 Å². The molecular formula is C23H22FN3O4. The number of hydrogen-bond donors (Lipinski definition) is 1. The van der Waals surface area contributed by atoms with Crippen LogP contribution in [0.4, 0.5) is 10.1 Å². The molecule has 31 heavy (non-hydrogen) atoms. The van der Waals surface area contributed by atoms with Crippen molar-refractivity contribution >= 4 is 17.6 Å². The molecule has 0 fully saturated rings. The maximum absolute atomic E-state index is 13.2. The molecule has 0 saturated carbocycles. The predicted octanol–water partition coefficient (Wildman–Crippen LogP) is 3.60. The molecule has 3 rings (SSSR count). The van der Waals surface area contributed by atoms with Crippen LogP contribution in [0.1, 0.15) is 31.1 Å². The smallest absolute Gasteiger partial charge is 0.338 e. The van der Waals surface area contributed by atoms with Crippen LogP contribution in [0.15, 0.2) is 65.5 Å². The lowest BCUT2D eigenvalue weighted by Gasteiger charge is -2.25. The molecule has 1 amide bonds. The van der Waals surface area contributed by atoms with E-state index in [1.807, 2.05) is 0 Å². The summed E-state index contributed by atoms with van der Waals surface area (Å²) in [4.78, 5) is 37.1. The number of nitrogens with zero attached hydrogens (tertiary/aromatic N) is 2. The lowest BCUT2D eigenvalue weighted by Crippen LogP contribution is -2.47. The summed E-state index contributed by atoms with van der Waals surface area (Å²) in [5.74, 6) is -1.30. The zero-order valence-corrected chi connectivity index (χ0v) is 17.4. The Balaban J connectivity index is 1.84. The van der Waals surface area contributed by atoms with E-state index < -0.39 is 23.0 Å². The van der Waals surface area contributed by atoms with Crippen molar-refractivity contribution < 1.29 is 18.7 Å². The van der Waals surface area contributed by atoms with E-state index in [9.17, 15) is 18.8 Å². The van der Waals surface area contributed by atoms with Gasteiger partial charge in [0, 0.05) is 17.3 Å². The highest BCUT2D eigenvalue weighted by Gasteiger charge is 2.32. The van der Waals surface area contributed by atoms with Gasteiger partial charge in [0.15, 0.2) is 0 Å². The van der Waals surface area contributed by atoms with E-state index in [2.05, 4.69) is 10.4 Å². The summed E-state index contributed by atoms with van der Waals surface area (Å²) in [7, 11) is 0. The van der Waals surface area contributed by atoms with Crippen LogP contribution in [0, 0.1) is 5.82 Å². The number of amides is 1. The lowest BCUT2D eigenvalue weighted by molar-refractivity contribution is -0.123. The molecule has 0 bridgehead atoms. The number of esters is 1. The minimum atomic E-state index is -1.33. The quantitative estimate of drug-likeness (QED) is 0.612. The average molecular weight is 423 g/mol. The van der Waals surface area contributed by atoms with Gasteiger partial charge in [-0.3, -0.25) is 9.59 Å². The van der Waals surface area contributed by atoms with E-state index in [1.54, 1.807) is 57.2 Å². The van der Waals surface area contributed by atoms with E-state index in [0.717, 1.165) is 4.68 Å². The molecule has 0 aliphatic rings. The predicted molar refractivity (Wildman–Crippen MR) is 114 cm³/mol. The molecule has 0 atom stereocenters. The second-order valence-corrected chi connectivity index (χ2v) is 7.29. The molecule has 1 aromatic heterocycles. The topological polar surface area (TPSA) is 90.3 Å². The number of halogens is 1. The maximum Gasteiger partial charge on any atom is 0.338 e. The Morgan fingerprint density at radius 2 is 1.68 bits per heavy atom. The standard InChI is InChI=1S/C23H22FN3O4/c1-4-31-21(29)16-7-11-18(12-8-16)25-22(30)23(2,3)27-20(28)14-13-19(26-27)15-5-9-17(24)10-6-15/h5-14H,4H2,1-3H3,(H,25,30). The van der Waals surface area contributed by atoms with Crippen LogP contribution in [0.5, 0.6) is 0 Å². The summed E-state index contributed by atoms with van der Waals surface area (Å²) in [6, 6.07) is 14.8. The zero-order chi connectivity index (χ0) is 22.6. The monoisotopic (exact) mass is 423 g/mol. The average Bonchev–Trinajstić information content (AvgIpc) is 2.75. The molecule has 1 N–H and O–H groups in total. The molecule has 3 aromatic rings. The van der Waals surface area contributed by atoms with E-state index in [0.29, 0.717) is 22.5 Å². The van der Waals surface area contributed by atoms with E-state index in [-0.39, 0.29) is 12.4 Å². The van der Waals surface area contributed by atoms with Crippen LogP contribution in [0.25, 0.3) is 11.3 Å². The molecule has 0 spiro atoms. The second-order valence-electron chi connectivity index (χ2n) is 7.29. The molecular weight excluding hydrogens is 401 g/mol. The molecule has 7 nitrogen and oxygen atoms in total. The van der Waals surface area contributed by atoms with Crippen molar-refractivity contribution in [2.24, 2.45) is 0 Å². The number of carbonyl (C=O) groups excluding carboxylic acids is 2. The molecule has 1 heterocycles. The van der Waals surface area contributed by atoms with Gasteiger partial charge >= 0.3 is 5.97 Å². The van der Waals surface area contributed by atoms with Crippen LogP contribution in [0.3, 0.4) is 0 Å². The lowest BCUT2D eigenvalue weighted by atomic mass is 10.0. The van der Waals surface area contributed by atoms with Gasteiger partial charge in [-0.1, -0.05) is 0 Å².